The summed E-state index contributed by atoms with van der Waals surface area (Å²) in [5, 5.41) is 21.7. The maximum atomic E-state index is 13.9. The molecule has 5 rings (SSSR count). The highest BCUT2D eigenvalue weighted by atomic mass is 16.6. The van der Waals surface area contributed by atoms with Gasteiger partial charge in [0.25, 0.3) is 0 Å². The van der Waals surface area contributed by atoms with Gasteiger partial charge < -0.3 is 28.8 Å². The van der Waals surface area contributed by atoms with Gasteiger partial charge in [-0.3, -0.25) is 9.59 Å². The first-order chi connectivity index (χ1) is 16.4. The van der Waals surface area contributed by atoms with Crippen molar-refractivity contribution in [1.82, 2.24) is 0 Å². The van der Waals surface area contributed by atoms with Gasteiger partial charge in [-0.25, -0.2) is 0 Å². The zero-order valence-corrected chi connectivity index (χ0v) is 20.3. The first-order valence-corrected chi connectivity index (χ1v) is 11.5. The van der Waals surface area contributed by atoms with Crippen molar-refractivity contribution in [1.29, 1.82) is 0 Å². The van der Waals surface area contributed by atoms with Crippen LogP contribution >= 0.6 is 0 Å². The van der Waals surface area contributed by atoms with Crippen LogP contribution in [0.4, 0.5) is 0 Å². The number of epoxide rings is 1. The Morgan fingerprint density at radius 3 is 2.54 bits per heavy atom. The van der Waals surface area contributed by atoms with Gasteiger partial charge in [0.05, 0.1) is 29.1 Å². The molecule has 0 amide bonds. The lowest BCUT2D eigenvalue weighted by molar-refractivity contribution is -0.150. The van der Waals surface area contributed by atoms with Crippen LogP contribution in [0.1, 0.15) is 56.6 Å². The largest absolute Gasteiger partial charge is 0.507 e. The fourth-order valence-electron chi connectivity index (χ4n) is 5.04. The van der Waals surface area contributed by atoms with E-state index in [2.05, 4.69) is 6.58 Å². The van der Waals surface area contributed by atoms with Crippen LogP contribution in [0.3, 0.4) is 0 Å². The van der Waals surface area contributed by atoms with Crippen LogP contribution in [-0.4, -0.2) is 34.5 Å². The number of aromatic hydroxyl groups is 1. The summed E-state index contributed by atoms with van der Waals surface area (Å²) < 4.78 is 23.5. The van der Waals surface area contributed by atoms with E-state index in [9.17, 15) is 19.8 Å². The average molecular weight is 481 g/mol. The molecule has 0 spiro atoms. The Morgan fingerprint density at radius 2 is 1.94 bits per heavy atom. The van der Waals surface area contributed by atoms with Crippen LogP contribution in [-0.2, 0) is 14.3 Å². The predicted molar refractivity (Wildman–Crippen MR) is 129 cm³/mol. The molecule has 0 radical (unpaired) electrons. The summed E-state index contributed by atoms with van der Waals surface area (Å²) >= 11 is 0. The van der Waals surface area contributed by atoms with E-state index in [4.69, 9.17) is 18.6 Å². The van der Waals surface area contributed by atoms with Crippen molar-refractivity contribution in [3.63, 3.8) is 0 Å². The molecule has 184 valence electrons. The summed E-state index contributed by atoms with van der Waals surface area (Å²) in [6, 6.07) is 4.57. The molecule has 35 heavy (non-hydrogen) atoms. The Bertz CT molecular complexity index is 1460. The zero-order valence-electron chi connectivity index (χ0n) is 20.3. The van der Waals surface area contributed by atoms with Gasteiger partial charge in [0.2, 0.25) is 5.43 Å². The van der Waals surface area contributed by atoms with E-state index < -0.39 is 35.3 Å². The molecular weight excluding hydrogens is 452 g/mol. The minimum Gasteiger partial charge on any atom is -0.507 e. The maximum absolute atomic E-state index is 13.9. The molecule has 2 N–H and O–H groups in total. The Kier molecular flexibility index (Phi) is 5.23. The maximum Gasteiger partial charge on any atom is 0.303 e. The molecule has 0 saturated carbocycles. The first-order valence-electron chi connectivity index (χ1n) is 11.5. The molecule has 0 aliphatic carbocycles. The third-order valence-electron chi connectivity index (χ3n) is 6.95. The molecule has 1 fully saturated rings. The quantitative estimate of drug-likeness (QED) is 0.245. The first kappa shape index (κ1) is 23.4. The lowest BCUT2D eigenvalue weighted by Gasteiger charge is -2.34. The van der Waals surface area contributed by atoms with Crippen molar-refractivity contribution >= 4 is 27.9 Å². The topological polar surface area (TPSA) is 119 Å². The number of carbonyl (C=O) groups is 1. The number of fused-ring (bicyclic) bond motifs is 4. The second-order valence-corrected chi connectivity index (χ2v) is 10.00. The highest BCUT2D eigenvalue weighted by molar-refractivity contribution is 5.97. The van der Waals surface area contributed by atoms with Gasteiger partial charge >= 0.3 is 5.97 Å². The number of hydrogen-bond acceptors (Lipinski definition) is 8. The number of aliphatic hydroxyl groups excluding tert-OH is 1. The standard InChI is InChI=1S/C27H28O8/c1-11(2)15-10-32-23-12(3)9-17-19(20(23)25(15)33-13(4)28)22(31)18-16(29)8-7-14(24(18)34-17)21(30)26-27(5,6)35-26/h7-9,15,21,25-26,29-30H,1,10H2,2-6H3/t15-,21-,25-,26-/m1/s1. The van der Waals surface area contributed by atoms with E-state index in [1.54, 1.807) is 6.07 Å². The second kappa shape index (κ2) is 7.83. The summed E-state index contributed by atoms with van der Waals surface area (Å²) in [6.45, 7) is 12.9. The number of aryl methyl sites for hydroxylation is 1. The van der Waals surface area contributed by atoms with E-state index in [0.717, 1.165) is 5.57 Å². The van der Waals surface area contributed by atoms with Crippen molar-refractivity contribution in [3.05, 3.63) is 57.3 Å². The second-order valence-electron chi connectivity index (χ2n) is 10.00. The number of carbonyl (C=O) groups excluding carboxylic acids is 1. The lowest BCUT2D eigenvalue weighted by atomic mass is 9.85. The highest BCUT2D eigenvalue weighted by Crippen LogP contribution is 2.48. The van der Waals surface area contributed by atoms with Crippen LogP contribution in [0.5, 0.6) is 11.5 Å². The molecule has 8 heteroatoms. The number of benzene rings is 2. The van der Waals surface area contributed by atoms with Gasteiger partial charge in [-0.1, -0.05) is 12.2 Å². The van der Waals surface area contributed by atoms with Gasteiger partial charge in [0.15, 0.2) is 0 Å². The van der Waals surface area contributed by atoms with Crippen molar-refractivity contribution in [2.75, 3.05) is 6.61 Å². The van der Waals surface area contributed by atoms with Gasteiger partial charge in [0, 0.05) is 12.5 Å². The molecule has 0 unspecified atom stereocenters. The summed E-state index contributed by atoms with van der Waals surface area (Å²) in [7, 11) is 0. The minimum atomic E-state index is -1.06. The van der Waals surface area contributed by atoms with Gasteiger partial charge in [-0.2, -0.15) is 0 Å². The van der Waals surface area contributed by atoms with E-state index in [1.807, 2.05) is 27.7 Å². The van der Waals surface area contributed by atoms with E-state index in [0.29, 0.717) is 22.4 Å². The Balaban J connectivity index is 1.84. The van der Waals surface area contributed by atoms with Crippen LogP contribution in [0.2, 0.25) is 0 Å². The normalized spacial score (nSPS) is 23.4. The molecule has 1 saturated heterocycles. The fourth-order valence-corrected chi connectivity index (χ4v) is 5.04. The van der Waals surface area contributed by atoms with Gasteiger partial charge in [-0.15, -0.1) is 0 Å². The number of esters is 1. The molecule has 3 aromatic rings. The summed E-state index contributed by atoms with van der Waals surface area (Å²) in [5.74, 6) is -0.720. The van der Waals surface area contributed by atoms with Gasteiger partial charge in [-0.05, 0) is 51.5 Å². The SMILES string of the molecule is C=C(C)[C@H]1COc2c(C)cc3oc4c([C@@H](O)[C@H]5OC5(C)C)ccc(O)c4c(=O)c3c2[C@@H]1OC(C)=O. The lowest BCUT2D eigenvalue weighted by Crippen LogP contribution is -2.31. The number of rotatable bonds is 4. The molecule has 2 aliphatic heterocycles. The Morgan fingerprint density at radius 1 is 1.26 bits per heavy atom. The van der Waals surface area contributed by atoms with E-state index in [-0.39, 0.29) is 40.2 Å². The van der Waals surface area contributed by atoms with E-state index >= 15 is 0 Å². The number of phenols is 1. The van der Waals surface area contributed by atoms with Gasteiger partial charge in [0.1, 0.15) is 46.4 Å². The average Bonchev–Trinajstić information content (AvgIpc) is 3.41. The van der Waals surface area contributed by atoms with E-state index in [1.165, 1.54) is 19.1 Å². The Hall–Kier alpha value is -3.36. The van der Waals surface area contributed by atoms with Crippen molar-refractivity contribution < 1.29 is 33.6 Å². The summed E-state index contributed by atoms with van der Waals surface area (Å²) in [5.41, 5.74) is 1.46. The van der Waals surface area contributed by atoms with Crippen LogP contribution < -0.4 is 10.2 Å². The summed E-state index contributed by atoms with van der Waals surface area (Å²) in [6.07, 6.45) is -2.34. The summed E-state index contributed by atoms with van der Waals surface area (Å²) in [4.78, 5) is 26.0. The minimum absolute atomic E-state index is 0.0717. The van der Waals surface area contributed by atoms with Crippen LogP contribution in [0.15, 0.2) is 39.6 Å². The zero-order chi connectivity index (χ0) is 25.4. The molecule has 3 heterocycles. The molecule has 2 aliphatic rings. The number of phenolic OH excluding ortho intramolecular Hbond substituents is 1. The van der Waals surface area contributed by atoms with Crippen molar-refractivity contribution in [3.8, 4) is 11.5 Å². The number of ether oxygens (including phenoxy) is 3. The molecule has 2 aromatic carbocycles. The molecular formula is C27H28O8. The highest BCUT2D eigenvalue weighted by Gasteiger charge is 2.53. The predicted octanol–water partition coefficient (Wildman–Crippen LogP) is 4.36. The number of hydrogen-bond donors (Lipinski definition) is 2. The monoisotopic (exact) mass is 480 g/mol. The third-order valence-corrected chi connectivity index (χ3v) is 6.95. The Labute approximate surface area is 201 Å². The molecule has 4 atom stereocenters. The van der Waals surface area contributed by atoms with Crippen molar-refractivity contribution in [2.24, 2.45) is 5.92 Å². The fraction of sp³-hybridized carbons (Fsp3) is 0.407. The smallest absolute Gasteiger partial charge is 0.303 e. The third kappa shape index (κ3) is 3.59. The molecule has 1 aromatic heterocycles. The molecule has 0 bridgehead atoms. The molecule has 8 nitrogen and oxygen atoms in total. The van der Waals surface area contributed by atoms with Crippen LogP contribution in [0.25, 0.3) is 21.9 Å². The van der Waals surface area contributed by atoms with Crippen molar-refractivity contribution in [2.45, 2.75) is 58.5 Å². The number of aliphatic hydroxyl groups is 1. The van der Waals surface area contributed by atoms with Crippen LogP contribution in [0, 0.1) is 12.8 Å².